The molecule has 0 unspecified atom stereocenters. The van der Waals surface area contributed by atoms with Gasteiger partial charge >= 0.3 is 5.97 Å². The van der Waals surface area contributed by atoms with E-state index in [4.69, 9.17) is 0 Å². The topological polar surface area (TPSA) is 57.6 Å². The third-order valence-corrected chi connectivity index (χ3v) is 5.86. The van der Waals surface area contributed by atoms with Gasteiger partial charge in [-0.3, -0.25) is 9.59 Å². The smallest absolute Gasteiger partial charge is 0.308 e. The number of amides is 1. The lowest BCUT2D eigenvalue weighted by Gasteiger charge is -2.18. The average molecular weight is 349 g/mol. The number of likely N-dealkylation sites (tertiary alicyclic amines) is 1. The molecule has 1 amide bonds. The van der Waals surface area contributed by atoms with Crippen molar-refractivity contribution < 1.29 is 14.7 Å². The molecule has 0 bridgehead atoms. The molecule has 0 saturated carbocycles. The minimum atomic E-state index is -0.831. The molecule has 2 aromatic rings. The lowest BCUT2D eigenvalue weighted by molar-refractivity contribution is -0.141. The van der Waals surface area contributed by atoms with Gasteiger partial charge in [-0.25, -0.2) is 0 Å². The van der Waals surface area contributed by atoms with Gasteiger partial charge in [-0.05, 0) is 60.6 Å². The summed E-state index contributed by atoms with van der Waals surface area (Å²) in [4.78, 5) is 26.5. The van der Waals surface area contributed by atoms with E-state index >= 15 is 0 Å². The fraction of sp³-hybridized carbons (Fsp3) is 0.364. The number of benzene rings is 2. The van der Waals surface area contributed by atoms with Crippen LogP contribution in [-0.4, -0.2) is 35.0 Å². The molecule has 4 heteroatoms. The maximum atomic E-state index is 13.0. The Hall–Kier alpha value is -2.62. The number of carboxylic acids is 1. The first-order chi connectivity index (χ1) is 12.5. The van der Waals surface area contributed by atoms with Crippen LogP contribution in [0.2, 0.25) is 0 Å². The fourth-order valence-electron chi connectivity index (χ4n) is 4.43. The van der Waals surface area contributed by atoms with Crippen molar-refractivity contribution in [3.05, 3.63) is 70.3 Å². The van der Waals surface area contributed by atoms with Crippen molar-refractivity contribution >= 4 is 11.9 Å². The van der Waals surface area contributed by atoms with Crippen molar-refractivity contribution in [3.8, 4) is 0 Å². The fourth-order valence-corrected chi connectivity index (χ4v) is 4.43. The van der Waals surface area contributed by atoms with Crippen molar-refractivity contribution in [2.75, 3.05) is 13.1 Å². The molecule has 2 atom stereocenters. The van der Waals surface area contributed by atoms with Crippen LogP contribution in [0, 0.1) is 12.8 Å². The number of aryl methyl sites for hydroxylation is 3. The molecule has 134 valence electrons. The molecule has 2 aliphatic rings. The molecule has 1 saturated heterocycles. The molecule has 1 heterocycles. The Balaban J connectivity index is 1.61. The molecule has 0 aromatic heterocycles. The summed E-state index contributed by atoms with van der Waals surface area (Å²) in [6.07, 6.45) is 3.26. The summed E-state index contributed by atoms with van der Waals surface area (Å²) >= 11 is 0. The van der Waals surface area contributed by atoms with Crippen LogP contribution in [0.3, 0.4) is 0 Å². The van der Waals surface area contributed by atoms with Gasteiger partial charge in [0.05, 0.1) is 5.92 Å². The van der Waals surface area contributed by atoms with E-state index in [1.54, 1.807) is 4.90 Å². The molecular weight excluding hydrogens is 326 g/mol. The number of hydrogen-bond acceptors (Lipinski definition) is 2. The van der Waals surface area contributed by atoms with Crippen molar-refractivity contribution in [1.29, 1.82) is 0 Å². The van der Waals surface area contributed by atoms with Gasteiger partial charge in [0.1, 0.15) is 0 Å². The maximum Gasteiger partial charge on any atom is 0.308 e. The Labute approximate surface area is 153 Å². The Morgan fingerprint density at radius 2 is 1.81 bits per heavy atom. The van der Waals surface area contributed by atoms with E-state index in [1.807, 2.05) is 43.3 Å². The summed E-state index contributed by atoms with van der Waals surface area (Å²) < 4.78 is 0. The monoisotopic (exact) mass is 349 g/mol. The quantitative estimate of drug-likeness (QED) is 0.924. The van der Waals surface area contributed by atoms with Gasteiger partial charge in [0.15, 0.2) is 0 Å². The molecule has 4 rings (SSSR count). The highest BCUT2D eigenvalue weighted by Crippen LogP contribution is 2.35. The molecule has 1 fully saturated rings. The van der Waals surface area contributed by atoms with Crippen LogP contribution in [0.15, 0.2) is 42.5 Å². The van der Waals surface area contributed by atoms with E-state index in [0.29, 0.717) is 12.1 Å². The van der Waals surface area contributed by atoms with Crippen molar-refractivity contribution in [2.45, 2.75) is 32.1 Å². The van der Waals surface area contributed by atoms with Crippen LogP contribution in [0.5, 0.6) is 0 Å². The summed E-state index contributed by atoms with van der Waals surface area (Å²) in [7, 11) is 0. The first-order valence-electron chi connectivity index (χ1n) is 9.24. The number of carbonyl (C=O) groups excluding carboxylic acids is 1. The SMILES string of the molecule is Cc1ccccc1[C@@H]1CN(C(=O)c2ccc3c(c2)CCC3)C[C@H]1C(=O)O. The summed E-state index contributed by atoms with van der Waals surface area (Å²) in [5, 5.41) is 9.69. The largest absolute Gasteiger partial charge is 0.481 e. The molecular formula is C22H23NO3. The van der Waals surface area contributed by atoms with Gasteiger partial charge in [-0.1, -0.05) is 30.3 Å². The summed E-state index contributed by atoms with van der Waals surface area (Å²) in [5.41, 5.74) is 5.39. The van der Waals surface area contributed by atoms with Gasteiger partial charge < -0.3 is 10.0 Å². The van der Waals surface area contributed by atoms with E-state index in [2.05, 4.69) is 6.07 Å². The average Bonchev–Trinajstić information content (AvgIpc) is 3.28. The highest BCUT2D eigenvalue weighted by Gasteiger charge is 2.41. The van der Waals surface area contributed by atoms with Crippen molar-refractivity contribution in [3.63, 3.8) is 0 Å². The van der Waals surface area contributed by atoms with E-state index in [1.165, 1.54) is 11.1 Å². The number of fused-ring (bicyclic) bond motifs is 1. The zero-order valence-electron chi connectivity index (χ0n) is 14.9. The highest BCUT2D eigenvalue weighted by atomic mass is 16.4. The molecule has 0 radical (unpaired) electrons. The Kier molecular flexibility index (Phi) is 4.27. The van der Waals surface area contributed by atoms with Gasteiger partial charge in [0, 0.05) is 24.6 Å². The zero-order chi connectivity index (χ0) is 18.3. The molecule has 2 aromatic carbocycles. The second kappa shape index (κ2) is 6.60. The van der Waals surface area contributed by atoms with E-state index < -0.39 is 11.9 Å². The Morgan fingerprint density at radius 1 is 1.04 bits per heavy atom. The standard InChI is InChI=1S/C22H23NO3/c1-14-5-2-3-8-18(14)19-12-23(13-20(19)22(25)26)21(24)17-10-9-15-6-4-7-16(15)11-17/h2-3,5,8-11,19-20H,4,6-7,12-13H2,1H3,(H,25,26)/t19-,20+/m0/s1. The number of hydrogen-bond donors (Lipinski definition) is 1. The summed E-state index contributed by atoms with van der Waals surface area (Å²) in [6.45, 7) is 2.72. The number of carboxylic acid groups (broad SMARTS) is 1. The molecule has 1 N–H and O–H groups in total. The van der Waals surface area contributed by atoms with E-state index in [0.717, 1.165) is 30.4 Å². The highest BCUT2D eigenvalue weighted by molar-refractivity contribution is 5.95. The third-order valence-electron chi connectivity index (χ3n) is 5.86. The Bertz CT molecular complexity index is 873. The van der Waals surface area contributed by atoms with Crippen molar-refractivity contribution in [1.82, 2.24) is 4.90 Å². The number of rotatable bonds is 3. The molecule has 1 aliphatic heterocycles. The third kappa shape index (κ3) is 2.90. The van der Waals surface area contributed by atoms with Crippen LogP contribution in [0.1, 0.15) is 45.0 Å². The first kappa shape index (κ1) is 16.8. The van der Waals surface area contributed by atoms with Crippen molar-refractivity contribution in [2.24, 2.45) is 5.92 Å². The minimum absolute atomic E-state index is 0.0537. The lowest BCUT2D eigenvalue weighted by atomic mass is 9.86. The summed E-state index contributed by atoms with van der Waals surface area (Å²) in [6, 6.07) is 13.8. The number of nitrogens with zero attached hydrogens (tertiary/aromatic N) is 1. The predicted octanol–water partition coefficient (Wildman–Crippen LogP) is 3.42. The zero-order valence-corrected chi connectivity index (χ0v) is 14.9. The van der Waals surface area contributed by atoms with Crippen LogP contribution in [0.25, 0.3) is 0 Å². The molecule has 0 spiro atoms. The maximum absolute atomic E-state index is 13.0. The first-order valence-corrected chi connectivity index (χ1v) is 9.24. The molecule has 26 heavy (non-hydrogen) atoms. The van der Waals surface area contributed by atoms with Crippen LogP contribution < -0.4 is 0 Å². The summed E-state index contributed by atoms with van der Waals surface area (Å²) in [5.74, 6) is -1.61. The van der Waals surface area contributed by atoms with Crippen LogP contribution >= 0.6 is 0 Å². The minimum Gasteiger partial charge on any atom is -0.481 e. The number of carbonyl (C=O) groups is 2. The second-order valence-electron chi connectivity index (χ2n) is 7.45. The van der Waals surface area contributed by atoms with Gasteiger partial charge in [0.25, 0.3) is 5.91 Å². The Morgan fingerprint density at radius 3 is 2.58 bits per heavy atom. The predicted molar refractivity (Wildman–Crippen MR) is 99.4 cm³/mol. The second-order valence-corrected chi connectivity index (χ2v) is 7.45. The molecule has 4 nitrogen and oxygen atoms in total. The van der Waals surface area contributed by atoms with E-state index in [9.17, 15) is 14.7 Å². The molecule has 1 aliphatic carbocycles. The van der Waals surface area contributed by atoms with Gasteiger partial charge in [0.2, 0.25) is 0 Å². The van der Waals surface area contributed by atoms with Crippen LogP contribution in [-0.2, 0) is 17.6 Å². The lowest BCUT2D eigenvalue weighted by Crippen LogP contribution is -2.30. The van der Waals surface area contributed by atoms with Crippen LogP contribution in [0.4, 0.5) is 0 Å². The van der Waals surface area contributed by atoms with Gasteiger partial charge in [-0.2, -0.15) is 0 Å². The number of aliphatic carboxylic acids is 1. The van der Waals surface area contributed by atoms with E-state index in [-0.39, 0.29) is 18.4 Å². The normalized spacial score (nSPS) is 21.7. The van der Waals surface area contributed by atoms with Gasteiger partial charge in [-0.15, -0.1) is 0 Å².